The summed E-state index contributed by atoms with van der Waals surface area (Å²) >= 11 is 0.988. The molecule has 1 N–H and O–H groups in total. The molecule has 2 heterocycles. The molecule has 2 aliphatic rings. The van der Waals surface area contributed by atoms with Crippen molar-refractivity contribution in [1.82, 2.24) is 4.31 Å². The van der Waals surface area contributed by atoms with Crippen LogP contribution >= 0.6 is 0 Å². The number of hydrogen-bond donors (Lipinski definition) is 1. The lowest BCUT2D eigenvalue weighted by molar-refractivity contribution is -0.0516. The van der Waals surface area contributed by atoms with Crippen LogP contribution in [0.2, 0.25) is 0 Å². The third kappa shape index (κ3) is 2.55. The minimum Gasteiger partial charge on any atom is -0.394 e. The van der Waals surface area contributed by atoms with Gasteiger partial charge in [-0.25, -0.2) is 8.42 Å². The first-order valence-corrected chi connectivity index (χ1v) is 8.66. The summed E-state index contributed by atoms with van der Waals surface area (Å²) in [6.07, 6.45) is -0.497. The van der Waals surface area contributed by atoms with Crippen LogP contribution in [-0.4, -0.2) is 49.7 Å². The first-order valence-electron chi connectivity index (χ1n) is 6.49. The van der Waals surface area contributed by atoms with Gasteiger partial charge in [-0.3, -0.25) is 0 Å². The summed E-state index contributed by atoms with van der Waals surface area (Å²) < 4.78 is 40.7. The lowest BCUT2D eigenvalue weighted by Gasteiger charge is -2.36. The Labute approximate surface area is 126 Å². The van der Waals surface area contributed by atoms with Crippen molar-refractivity contribution >= 4 is 32.8 Å². The van der Waals surface area contributed by atoms with E-state index in [2.05, 4.69) is 8.73 Å². The van der Waals surface area contributed by atoms with Gasteiger partial charge in [0.2, 0.25) is 10.0 Å². The van der Waals surface area contributed by atoms with Gasteiger partial charge in [-0.05, 0) is 19.1 Å². The van der Waals surface area contributed by atoms with E-state index in [4.69, 9.17) is 4.74 Å². The fourth-order valence-electron chi connectivity index (χ4n) is 2.35. The van der Waals surface area contributed by atoms with E-state index in [-0.39, 0.29) is 30.7 Å². The molecule has 0 spiro atoms. The molecule has 9 heteroatoms. The molecule has 2 aliphatic heterocycles. The Hall–Kier alpha value is -1.13. The van der Waals surface area contributed by atoms with Crippen LogP contribution in [0, 0.1) is 0 Å². The number of rotatable bonds is 3. The maximum Gasteiger partial charge on any atom is 0.245 e. The van der Waals surface area contributed by atoms with Crippen molar-refractivity contribution in [2.45, 2.75) is 24.0 Å². The number of ether oxygens (including phenoxy) is 1. The van der Waals surface area contributed by atoms with Crippen molar-refractivity contribution in [3.63, 3.8) is 0 Å². The van der Waals surface area contributed by atoms with Gasteiger partial charge in [-0.2, -0.15) is 13.0 Å². The molecule has 3 rings (SSSR count). The zero-order chi connectivity index (χ0) is 15.0. The molecular weight excluding hydrogens is 314 g/mol. The second kappa shape index (κ2) is 5.58. The van der Waals surface area contributed by atoms with Gasteiger partial charge in [-0.1, -0.05) is 6.07 Å². The molecule has 2 unspecified atom stereocenters. The predicted octanol–water partition coefficient (Wildman–Crippen LogP) is 1.18. The molecule has 114 valence electrons. The van der Waals surface area contributed by atoms with Gasteiger partial charge in [0, 0.05) is 12.6 Å². The van der Waals surface area contributed by atoms with Crippen LogP contribution in [0.3, 0.4) is 0 Å². The molecule has 2 atom stereocenters. The van der Waals surface area contributed by atoms with E-state index < -0.39 is 16.1 Å². The van der Waals surface area contributed by atoms with E-state index in [9.17, 15) is 13.5 Å². The van der Waals surface area contributed by atoms with Crippen LogP contribution in [-0.2, 0) is 26.1 Å². The monoisotopic (exact) mass is 329 g/mol. The van der Waals surface area contributed by atoms with Crippen molar-refractivity contribution in [1.29, 1.82) is 0 Å². The Bertz CT molecular complexity index is 728. The Morgan fingerprint density at radius 2 is 2.29 bits per heavy atom. The Kier molecular flexibility index (Phi) is 3.93. The minimum absolute atomic E-state index is 0.133. The molecule has 0 aliphatic carbocycles. The number of fused-ring (bicyclic) bond motifs is 1. The van der Waals surface area contributed by atoms with E-state index in [1.54, 1.807) is 19.1 Å². The molecule has 0 aromatic heterocycles. The average Bonchev–Trinajstić information content (AvgIpc) is 2.95. The second-order valence-electron chi connectivity index (χ2n) is 4.95. The summed E-state index contributed by atoms with van der Waals surface area (Å²) in [5.74, 6) is 0. The molecule has 1 aromatic rings. The number of hydrogen-bond acceptors (Lipinski definition) is 6. The largest absolute Gasteiger partial charge is 0.394 e. The molecular formula is C12H15N3O4S2. The van der Waals surface area contributed by atoms with E-state index in [0.29, 0.717) is 11.4 Å². The second-order valence-corrected chi connectivity index (χ2v) is 7.34. The quantitative estimate of drug-likeness (QED) is 0.915. The van der Waals surface area contributed by atoms with Crippen molar-refractivity contribution in [2.75, 3.05) is 19.8 Å². The van der Waals surface area contributed by atoms with Gasteiger partial charge >= 0.3 is 0 Å². The van der Waals surface area contributed by atoms with Gasteiger partial charge in [0.15, 0.2) is 0 Å². The third-order valence-corrected chi connectivity index (χ3v) is 6.04. The molecule has 0 amide bonds. The third-order valence-electron chi connectivity index (χ3n) is 3.49. The molecule has 1 fully saturated rings. The molecule has 0 saturated carbocycles. The number of aliphatic hydroxyl groups excluding tert-OH is 1. The number of benzene rings is 1. The summed E-state index contributed by atoms with van der Waals surface area (Å²) in [7, 11) is -3.70. The summed E-state index contributed by atoms with van der Waals surface area (Å²) in [4.78, 5) is 0.152. The summed E-state index contributed by atoms with van der Waals surface area (Å²) in [6, 6.07) is 4.64. The molecule has 1 aromatic carbocycles. The number of aliphatic hydroxyl groups is 1. The van der Waals surface area contributed by atoms with Gasteiger partial charge < -0.3 is 9.84 Å². The lowest BCUT2D eigenvalue weighted by Crippen LogP contribution is -2.51. The van der Waals surface area contributed by atoms with Crippen LogP contribution in [0.4, 0.5) is 11.4 Å². The topological polar surface area (TPSA) is 91.6 Å². The van der Waals surface area contributed by atoms with Crippen molar-refractivity contribution < 1.29 is 18.3 Å². The van der Waals surface area contributed by atoms with E-state index in [0.717, 1.165) is 11.4 Å². The van der Waals surface area contributed by atoms with Crippen LogP contribution in [0.1, 0.15) is 6.92 Å². The van der Waals surface area contributed by atoms with Crippen LogP contribution in [0.25, 0.3) is 0 Å². The standard InChI is InChI=1S/C12H15N3O4S2/c1-8-7-19-9(6-16)5-15(8)21(17,18)11-4-2-3-10-12(11)14-20-13-10/h2-4,8-9,16H,5-7H2,1H3. The normalized spacial score (nSPS) is 25.6. The summed E-state index contributed by atoms with van der Waals surface area (Å²) in [6.45, 7) is 1.97. The first-order chi connectivity index (χ1) is 10.0. The maximum atomic E-state index is 12.9. The minimum atomic E-state index is -3.70. The smallest absolute Gasteiger partial charge is 0.245 e. The summed E-state index contributed by atoms with van der Waals surface area (Å²) in [5.41, 5.74) is 0.961. The van der Waals surface area contributed by atoms with Gasteiger partial charge in [0.1, 0.15) is 16.3 Å². The molecule has 0 radical (unpaired) electrons. The number of sulfonamides is 1. The number of nitrogens with zero attached hydrogens (tertiary/aromatic N) is 3. The molecule has 7 nitrogen and oxygen atoms in total. The van der Waals surface area contributed by atoms with Crippen molar-refractivity contribution in [3.8, 4) is 0 Å². The van der Waals surface area contributed by atoms with Gasteiger partial charge in [0.05, 0.1) is 30.7 Å². The highest BCUT2D eigenvalue weighted by atomic mass is 32.2. The fourth-order valence-corrected chi connectivity index (χ4v) is 4.76. The highest BCUT2D eigenvalue weighted by Crippen LogP contribution is 2.39. The zero-order valence-corrected chi connectivity index (χ0v) is 13.0. The Balaban J connectivity index is 2.01. The molecule has 0 bridgehead atoms. The van der Waals surface area contributed by atoms with Crippen LogP contribution in [0.15, 0.2) is 31.8 Å². The average molecular weight is 329 g/mol. The van der Waals surface area contributed by atoms with Crippen molar-refractivity contribution in [3.05, 3.63) is 18.2 Å². The first kappa shape index (κ1) is 14.8. The Morgan fingerprint density at radius 1 is 1.48 bits per heavy atom. The number of morpholine rings is 1. The van der Waals surface area contributed by atoms with Gasteiger partial charge in [-0.15, -0.1) is 0 Å². The highest BCUT2D eigenvalue weighted by Gasteiger charge is 2.37. The lowest BCUT2D eigenvalue weighted by atomic mass is 10.2. The Morgan fingerprint density at radius 3 is 3.05 bits per heavy atom. The SMILES string of the molecule is CC1COC(CO)CN1S(=O)(=O)c1cccc2c1N=S=N2. The van der Waals surface area contributed by atoms with Crippen molar-refractivity contribution in [2.24, 2.45) is 8.73 Å². The fraction of sp³-hybridized carbons (Fsp3) is 0.500. The van der Waals surface area contributed by atoms with Crippen LogP contribution in [0.5, 0.6) is 0 Å². The van der Waals surface area contributed by atoms with Crippen LogP contribution < -0.4 is 0 Å². The molecule has 21 heavy (non-hydrogen) atoms. The highest BCUT2D eigenvalue weighted by molar-refractivity contribution is 7.89. The van der Waals surface area contributed by atoms with E-state index >= 15 is 0 Å². The summed E-state index contributed by atoms with van der Waals surface area (Å²) in [5, 5.41) is 9.20. The molecule has 1 saturated heterocycles. The maximum absolute atomic E-state index is 12.9. The van der Waals surface area contributed by atoms with E-state index in [1.807, 2.05) is 0 Å². The predicted molar refractivity (Wildman–Crippen MR) is 78.2 cm³/mol. The zero-order valence-electron chi connectivity index (χ0n) is 11.3. The van der Waals surface area contributed by atoms with Gasteiger partial charge in [0.25, 0.3) is 0 Å². The van der Waals surface area contributed by atoms with E-state index in [1.165, 1.54) is 10.4 Å².